The number of benzene rings is 1. The summed E-state index contributed by atoms with van der Waals surface area (Å²) < 4.78 is 33.4. The van der Waals surface area contributed by atoms with Crippen LogP contribution in [0.3, 0.4) is 0 Å². The number of sulfonamides is 1. The van der Waals surface area contributed by atoms with E-state index in [0.29, 0.717) is 5.69 Å². The zero-order valence-corrected chi connectivity index (χ0v) is 14.2. The zero-order chi connectivity index (χ0) is 15.8. The van der Waals surface area contributed by atoms with E-state index in [1.807, 2.05) is 0 Å². The molecule has 0 radical (unpaired) electrons. The van der Waals surface area contributed by atoms with E-state index in [4.69, 9.17) is 4.74 Å². The van der Waals surface area contributed by atoms with Crippen molar-refractivity contribution in [2.75, 3.05) is 11.8 Å². The van der Waals surface area contributed by atoms with Crippen LogP contribution in [-0.4, -0.2) is 20.8 Å². The van der Waals surface area contributed by atoms with Crippen molar-refractivity contribution in [3.05, 3.63) is 24.3 Å². The molecule has 0 aromatic heterocycles. The lowest BCUT2D eigenvalue weighted by molar-refractivity contribution is 0.0648. The normalized spacial score (nSPS) is 31.5. The molecule has 0 amide bonds. The van der Waals surface area contributed by atoms with Crippen molar-refractivity contribution in [1.82, 2.24) is 0 Å². The zero-order valence-electron chi connectivity index (χ0n) is 13.3. The van der Waals surface area contributed by atoms with Gasteiger partial charge in [0.25, 0.3) is 0 Å². The number of nitrogens with one attached hydrogen (secondary N) is 1. The smallest absolute Gasteiger partial charge is 0.236 e. The second-order valence-corrected chi connectivity index (χ2v) is 8.81. The minimum atomic E-state index is -3.31. The Morgan fingerprint density at radius 2 is 1.68 bits per heavy atom. The molecule has 0 aliphatic heterocycles. The average molecular weight is 323 g/mol. The number of rotatable bonds is 4. The molecular formula is C17H25NO3S. The molecule has 5 heteroatoms. The minimum absolute atomic E-state index is 0.0326. The van der Waals surface area contributed by atoms with Gasteiger partial charge in [0, 0.05) is 5.69 Å². The quantitative estimate of drug-likeness (QED) is 0.917. The summed E-state index contributed by atoms with van der Waals surface area (Å²) in [6.45, 7) is 2.27. The highest BCUT2D eigenvalue weighted by Crippen LogP contribution is 2.55. The fourth-order valence-corrected chi connectivity index (χ4v) is 6.01. The van der Waals surface area contributed by atoms with E-state index in [2.05, 4.69) is 11.6 Å². The van der Waals surface area contributed by atoms with Crippen LogP contribution in [0.15, 0.2) is 24.3 Å². The Labute approximate surface area is 133 Å². The first-order chi connectivity index (χ1) is 10.5. The van der Waals surface area contributed by atoms with Crippen molar-refractivity contribution in [1.29, 1.82) is 0 Å². The van der Waals surface area contributed by atoms with Gasteiger partial charge in [0.2, 0.25) is 10.0 Å². The van der Waals surface area contributed by atoms with Crippen LogP contribution in [-0.2, 0) is 10.0 Å². The number of ether oxygens (including phenoxy) is 1. The van der Waals surface area contributed by atoms with Crippen molar-refractivity contribution < 1.29 is 13.2 Å². The van der Waals surface area contributed by atoms with Gasteiger partial charge in [0.1, 0.15) is 5.75 Å². The third kappa shape index (κ3) is 2.83. The van der Waals surface area contributed by atoms with Crippen molar-refractivity contribution in [3.8, 4) is 5.75 Å². The SMILES string of the molecule is COc1ccc(NS(=O)(=O)C2CCC23CCC(C)CC3)cc1. The van der Waals surface area contributed by atoms with Crippen LogP contribution in [0.2, 0.25) is 0 Å². The van der Waals surface area contributed by atoms with Gasteiger partial charge in [-0.1, -0.05) is 19.8 Å². The third-order valence-electron chi connectivity index (χ3n) is 5.58. The van der Waals surface area contributed by atoms with Crippen LogP contribution in [0.25, 0.3) is 0 Å². The van der Waals surface area contributed by atoms with Crippen LogP contribution in [0.1, 0.15) is 45.4 Å². The average Bonchev–Trinajstić information content (AvgIpc) is 2.47. The number of hydrogen-bond donors (Lipinski definition) is 1. The Morgan fingerprint density at radius 3 is 2.18 bits per heavy atom. The maximum Gasteiger partial charge on any atom is 0.236 e. The lowest BCUT2D eigenvalue weighted by Gasteiger charge is -2.52. The van der Waals surface area contributed by atoms with E-state index in [0.717, 1.165) is 50.2 Å². The van der Waals surface area contributed by atoms with Crippen LogP contribution >= 0.6 is 0 Å². The highest BCUT2D eigenvalue weighted by atomic mass is 32.2. The topological polar surface area (TPSA) is 55.4 Å². The maximum absolute atomic E-state index is 12.7. The molecule has 0 saturated heterocycles. The van der Waals surface area contributed by atoms with Gasteiger partial charge in [-0.3, -0.25) is 4.72 Å². The van der Waals surface area contributed by atoms with Crippen molar-refractivity contribution in [2.24, 2.45) is 11.3 Å². The van der Waals surface area contributed by atoms with Gasteiger partial charge in [-0.2, -0.15) is 0 Å². The van der Waals surface area contributed by atoms with E-state index in [1.165, 1.54) is 0 Å². The van der Waals surface area contributed by atoms with Crippen molar-refractivity contribution in [3.63, 3.8) is 0 Å². The van der Waals surface area contributed by atoms with Gasteiger partial charge in [0.05, 0.1) is 12.4 Å². The lowest BCUT2D eigenvalue weighted by Crippen LogP contribution is -2.52. The molecule has 3 rings (SSSR count). The summed E-state index contributed by atoms with van der Waals surface area (Å²) >= 11 is 0. The summed E-state index contributed by atoms with van der Waals surface area (Å²) in [6, 6.07) is 7.06. The molecule has 0 bridgehead atoms. The number of hydrogen-bond acceptors (Lipinski definition) is 3. The van der Waals surface area contributed by atoms with E-state index in [9.17, 15) is 8.42 Å². The first-order valence-corrected chi connectivity index (χ1v) is 9.65. The number of anilines is 1. The Bertz CT molecular complexity index is 616. The summed E-state index contributed by atoms with van der Waals surface area (Å²) in [4.78, 5) is 0. The summed E-state index contributed by atoms with van der Waals surface area (Å²) in [5.41, 5.74) is 0.650. The molecule has 1 atom stereocenters. The molecule has 1 aromatic carbocycles. The lowest BCUT2D eigenvalue weighted by atomic mass is 9.59. The van der Waals surface area contributed by atoms with Gasteiger partial charge in [-0.05, 0) is 61.3 Å². The fraction of sp³-hybridized carbons (Fsp3) is 0.647. The van der Waals surface area contributed by atoms with Crippen LogP contribution in [0, 0.1) is 11.3 Å². The van der Waals surface area contributed by atoms with E-state index < -0.39 is 10.0 Å². The second kappa shape index (κ2) is 5.76. The third-order valence-corrected chi connectivity index (χ3v) is 7.59. The second-order valence-electron chi connectivity index (χ2n) is 6.95. The first-order valence-electron chi connectivity index (χ1n) is 8.11. The number of methoxy groups -OCH3 is 1. The van der Waals surface area contributed by atoms with Gasteiger partial charge in [-0.15, -0.1) is 0 Å². The Hall–Kier alpha value is -1.23. The van der Waals surface area contributed by atoms with Gasteiger partial charge < -0.3 is 4.74 Å². The molecule has 122 valence electrons. The van der Waals surface area contributed by atoms with Gasteiger partial charge >= 0.3 is 0 Å². The van der Waals surface area contributed by atoms with E-state index in [1.54, 1.807) is 31.4 Å². The molecule has 4 nitrogen and oxygen atoms in total. The summed E-state index contributed by atoms with van der Waals surface area (Å²) in [7, 11) is -1.71. The molecule has 2 aliphatic carbocycles. The molecule has 2 saturated carbocycles. The Balaban J connectivity index is 1.72. The highest BCUT2D eigenvalue weighted by Gasteiger charge is 2.53. The van der Waals surface area contributed by atoms with E-state index >= 15 is 0 Å². The first kappa shape index (κ1) is 15.7. The summed E-state index contributed by atoms with van der Waals surface area (Å²) in [5.74, 6) is 1.47. The van der Waals surface area contributed by atoms with Crippen molar-refractivity contribution >= 4 is 15.7 Å². The molecule has 1 spiro atoms. The Kier molecular flexibility index (Phi) is 4.10. The molecule has 1 N–H and O–H groups in total. The van der Waals surface area contributed by atoms with E-state index in [-0.39, 0.29) is 10.7 Å². The van der Waals surface area contributed by atoms with Crippen LogP contribution in [0.5, 0.6) is 5.75 Å². The minimum Gasteiger partial charge on any atom is -0.497 e. The Morgan fingerprint density at radius 1 is 1.09 bits per heavy atom. The van der Waals surface area contributed by atoms with Crippen LogP contribution < -0.4 is 9.46 Å². The van der Waals surface area contributed by atoms with Crippen LogP contribution in [0.4, 0.5) is 5.69 Å². The molecule has 0 heterocycles. The maximum atomic E-state index is 12.7. The molecule has 2 fully saturated rings. The molecule has 1 unspecified atom stereocenters. The highest BCUT2D eigenvalue weighted by molar-refractivity contribution is 7.93. The largest absolute Gasteiger partial charge is 0.497 e. The molecule has 2 aliphatic rings. The monoisotopic (exact) mass is 323 g/mol. The standard InChI is InChI=1S/C17H25NO3S/c1-13-7-10-17(11-8-13)12-9-16(17)22(19,20)18-14-3-5-15(21-2)6-4-14/h3-6,13,16,18H,7-12H2,1-2H3. The van der Waals surface area contributed by atoms with Gasteiger partial charge in [-0.25, -0.2) is 8.42 Å². The predicted molar refractivity (Wildman–Crippen MR) is 88.6 cm³/mol. The van der Waals surface area contributed by atoms with Crippen molar-refractivity contribution in [2.45, 2.75) is 50.7 Å². The molecular weight excluding hydrogens is 298 g/mol. The summed E-state index contributed by atoms with van der Waals surface area (Å²) in [5, 5.41) is -0.227. The fourth-order valence-electron chi connectivity index (χ4n) is 3.96. The summed E-state index contributed by atoms with van der Waals surface area (Å²) in [6.07, 6.45) is 6.29. The molecule has 1 aromatic rings. The predicted octanol–water partition coefficient (Wildman–Crippen LogP) is 3.80. The van der Waals surface area contributed by atoms with Gasteiger partial charge in [0.15, 0.2) is 0 Å². The molecule has 22 heavy (non-hydrogen) atoms.